The summed E-state index contributed by atoms with van der Waals surface area (Å²) >= 11 is 5.81. The van der Waals surface area contributed by atoms with Crippen LogP contribution in [0.5, 0.6) is 0 Å². The number of nitrogens with one attached hydrogen (secondary N) is 1. The predicted octanol–water partition coefficient (Wildman–Crippen LogP) is 1.58. The zero-order chi connectivity index (χ0) is 13.1. The summed E-state index contributed by atoms with van der Waals surface area (Å²) in [6.45, 7) is 0.249. The first kappa shape index (κ1) is 12.9. The summed E-state index contributed by atoms with van der Waals surface area (Å²) in [5, 5.41) is 3.10. The lowest BCUT2D eigenvalue weighted by atomic mass is 10.1. The lowest BCUT2D eigenvalue weighted by molar-refractivity contribution is -0.126. The Bertz CT molecular complexity index is 445. The third kappa shape index (κ3) is 2.63. The average Bonchev–Trinajstić information content (AvgIpc) is 2.68. The Hall–Kier alpha value is -1.59. The number of ether oxygens (including phenoxy) is 1. The molecular weight excluding hydrogens is 256 g/mol. The summed E-state index contributed by atoms with van der Waals surface area (Å²) in [7, 11) is 1.54. The van der Waals surface area contributed by atoms with Crippen LogP contribution in [-0.4, -0.2) is 37.0 Å². The van der Waals surface area contributed by atoms with Gasteiger partial charge in [0, 0.05) is 12.1 Å². The van der Waals surface area contributed by atoms with Crippen molar-refractivity contribution in [3.63, 3.8) is 0 Å². The molecule has 5 nitrogen and oxygen atoms in total. The molecular formula is C12H13ClN2O3. The molecule has 1 aromatic carbocycles. The fraction of sp³-hybridized carbons (Fsp3) is 0.333. The van der Waals surface area contributed by atoms with E-state index in [1.807, 2.05) is 12.1 Å². The topological polar surface area (TPSA) is 58.6 Å². The lowest BCUT2D eigenvalue weighted by Gasteiger charge is -2.20. The van der Waals surface area contributed by atoms with Crippen molar-refractivity contribution in [1.82, 2.24) is 10.2 Å². The molecule has 0 radical (unpaired) electrons. The number of urea groups is 1. The number of halogens is 1. The fourth-order valence-electron chi connectivity index (χ4n) is 1.80. The summed E-state index contributed by atoms with van der Waals surface area (Å²) in [5.74, 6) is -0.240. The third-order valence-electron chi connectivity index (χ3n) is 2.81. The molecule has 6 heteroatoms. The highest BCUT2D eigenvalue weighted by molar-refractivity contribution is 6.30. The maximum Gasteiger partial charge on any atom is 0.324 e. The number of rotatable bonds is 4. The maximum absolute atomic E-state index is 11.5. The standard InChI is InChI=1S/C12H13ClN2O3/c1-18-10(8-2-4-9(13)5-3-8)7-15-11(16)6-14-12(15)17/h2-5,10H,6-7H2,1H3,(H,14,17). The van der Waals surface area contributed by atoms with E-state index in [0.29, 0.717) is 5.02 Å². The minimum atomic E-state index is -0.379. The van der Waals surface area contributed by atoms with Crippen LogP contribution in [0.25, 0.3) is 0 Å². The number of hydrogen-bond donors (Lipinski definition) is 1. The molecule has 0 aromatic heterocycles. The molecule has 1 fully saturated rings. The Morgan fingerprint density at radius 1 is 1.39 bits per heavy atom. The van der Waals surface area contributed by atoms with Gasteiger partial charge in [-0.3, -0.25) is 9.69 Å². The SMILES string of the molecule is COC(CN1C(=O)CNC1=O)c1ccc(Cl)cc1. The van der Waals surface area contributed by atoms with Gasteiger partial charge in [0.1, 0.15) is 6.10 Å². The van der Waals surface area contributed by atoms with E-state index in [0.717, 1.165) is 10.5 Å². The summed E-state index contributed by atoms with van der Waals surface area (Å²) < 4.78 is 5.32. The second-order valence-corrected chi connectivity index (χ2v) is 4.38. The van der Waals surface area contributed by atoms with E-state index in [1.165, 1.54) is 7.11 Å². The van der Waals surface area contributed by atoms with E-state index in [1.54, 1.807) is 12.1 Å². The van der Waals surface area contributed by atoms with E-state index >= 15 is 0 Å². The Kier molecular flexibility index (Phi) is 3.84. The van der Waals surface area contributed by atoms with Gasteiger partial charge in [-0.1, -0.05) is 23.7 Å². The van der Waals surface area contributed by atoms with Gasteiger partial charge in [0.15, 0.2) is 0 Å². The number of carbonyl (C=O) groups excluding carboxylic acids is 2. The van der Waals surface area contributed by atoms with Crippen molar-refractivity contribution in [2.75, 3.05) is 20.2 Å². The molecule has 1 heterocycles. The fourth-order valence-corrected chi connectivity index (χ4v) is 1.93. The third-order valence-corrected chi connectivity index (χ3v) is 3.06. The highest BCUT2D eigenvalue weighted by atomic mass is 35.5. The molecule has 0 aliphatic carbocycles. The molecule has 0 bridgehead atoms. The maximum atomic E-state index is 11.5. The first-order valence-electron chi connectivity index (χ1n) is 5.48. The van der Waals surface area contributed by atoms with Crippen LogP contribution >= 0.6 is 11.6 Å². The number of nitrogens with zero attached hydrogens (tertiary/aromatic N) is 1. The Balaban J connectivity index is 2.12. The van der Waals surface area contributed by atoms with Gasteiger partial charge in [-0.05, 0) is 17.7 Å². The molecule has 18 heavy (non-hydrogen) atoms. The van der Waals surface area contributed by atoms with Gasteiger partial charge in [-0.2, -0.15) is 0 Å². The van der Waals surface area contributed by atoms with Crippen molar-refractivity contribution in [3.8, 4) is 0 Å². The van der Waals surface area contributed by atoms with E-state index in [2.05, 4.69) is 5.32 Å². The van der Waals surface area contributed by atoms with Gasteiger partial charge >= 0.3 is 6.03 Å². The molecule has 96 valence electrons. The monoisotopic (exact) mass is 268 g/mol. The molecule has 3 amide bonds. The number of carbonyl (C=O) groups is 2. The summed E-state index contributed by atoms with van der Waals surface area (Å²) in [6.07, 6.45) is -0.352. The zero-order valence-corrected chi connectivity index (χ0v) is 10.6. The van der Waals surface area contributed by atoms with Crippen LogP contribution in [0.2, 0.25) is 5.02 Å². The molecule has 1 aromatic rings. The molecule has 0 saturated carbocycles. The summed E-state index contributed by atoms with van der Waals surface area (Å²) in [6, 6.07) is 6.74. The van der Waals surface area contributed by atoms with Crippen molar-refractivity contribution in [1.29, 1.82) is 0 Å². The van der Waals surface area contributed by atoms with Crippen LogP contribution in [-0.2, 0) is 9.53 Å². The van der Waals surface area contributed by atoms with Crippen molar-refractivity contribution in [2.45, 2.75) is 6.10 Å². The molecule has 1 aliphatic heterocycles. The number of benzene rings is 1. The number of hydrogen-bond acceptors (Lipinski definition) is 3. The van der Waals surface area contributed by atoms with Crippen LogP contribution in [0.1, 0.15) is 11.7 Å². The highest BCUT2D eigenvalue weighted by Crippen LogP contribution is 2.21. The smallest absolute Gasteiger partial charge is 0.324 e. The summed E-state index contributed by atoms with van der Waals surface area (Å²) in [4.78, 5) is 24.1. The largest absolute Gasteiger partial charge is 0.375 e. The summed E-state index contributed by atoms with van der Waals surface area (Å²) in [5.41, 5.74) is 0.870. The minimum absolute atomic E-state index is 0.0515. The number of amides is 3. The van der Waals surface area contributed by atoms with E-state index in [-0.39, 0.29) is 31.1 Å². The van der Waals surface area contributed by atoms with Gasteiger partial charge in [0.25, 0.3) is 0 Å². The van der Waals surface area contributed by atoms with Crippen LogP contribution in [0.4, 0.5) is 4.79 Å². The molecule has 2 rings (SSSR count). The van der Waals surface area contributed by atoms with Gasteiger partial charge in [0.2, 0.25) is 5.91 Å². The quantitative estimate of drug-likeness (QED) is 0.844. The van der Waals surface area contributed by atoms with Crippen molar-refractivity contribution >= 4 is 23.5 Å². The number of methoxy groups -OCH3 is 1. The molecule has 1 atom stereocenters. The van der Waals surface area contributed by atoms with Gasteiger partial charge in [-0.15, -0.1) is 0 Å². The molecule has 1 aliphatic rings. The second kappa shape index (κ2) is 5.37. The Labute approximate surface area is 110 Å². The predicted molar refractivity (Wildman–Crippen MR) is 66.3 cm³/mol. The average molecular weight is 269 g/mol. The molecule has 1 unspecified atom stereocenters. The van der Waals surface area contributed by atoms with E-state index in [4.69, 9.17) is 16.3 Å². The molecule has 0 spiro atoms. The van der Waals surface area contributed by atoms with E-state index < -0.39 is 0 Å². The second-order valence-electron chi connectivity index (χ2n) is 3.94. The Morgan fingerprint density at radius 3 is 2.56 bits per heavy atom. The van der Waals surface area contributed by atoms with Crippen molar-refractivity contribution < 1.29 is 14.3 Å². The van der Waals surface area contributed by atoms with Crippen LogP contribution < -0.4 is 5.32 Å². The van der Waals surface area contributed by atoms with Crippen molar-refractivity contribution in [2.24, 2.45) is 0 Å². The zero-order valence-electron chi connectivity index (χ0n) is 9.85. The van der Waals surface area contributed by atoms with Crippen LogP contribution in [0.3, 0.4) is 0 Å². The molecule has 1 saturated heterocycles. The van der Waals surface area contributed by atoms with Gasteiger partial charge in [-0.25, -0.2) is 4.79 Å². The van der Waals surface area contributed by atoms with Crippen LogP contribution in [0.15, 0.2) is 24.3 Å². The highest BCUT2D eigenvalue weighted by Gasteiger charge is 2.31. The van der Waals surface area contributed by atoms with Crippen LogP contribution in [0, 0.1) is 0 Å². The van der Waals surface area contributed by atoms with E-state index in [9.17, 15) is 9.59 Å². The van der Waals surface area contributed by atoms with Gasteiger partial charge < -0.3 is 10.1 Å². The Morgan fingerprint density at radius 2 is 2.06 bits per heavy atom. The van der Waals surface area contributed by atoms with Gasteiger partial charge in [0.05, 0.1) is 13.1 Å². The first-order chi connectivity index (χ1) is 8.61. The normalized spacial score (nSPS) is 16.9. The number of imide groups is 1. The minimum Gasteiger partial charge on any atom is -0.375 e. The first-order valence-corrected chi connectivity index (χ1v) is 5.86. The molecule has 1 N–H and O–H groups in total. The lowest BCUT2D eigenvalue weighted by Crippen LogP contribution is -2.35. The van der Waals surface area contributed by atoms with Crippen molar-refractivity contribution in [3.05, 3.63) is 34.9 Å².